The van der Waals surface area contributed by atoms with Crippen LogP contribution in [0.4, 0.5) is 0 Å². The van der Waals surface area contributed by atoms with Crippen LogP contribution in [0.25, 0.3) is 0 Å². The number of hydrogen-bond acceptors (Lipinski definition) is 6. The lowest BCUT2D eigenvalue weighted by molar-refractivity contribution is -0.143. The fraction of sp³-hybridized carbons (Fsp3) is 0.571. The molecule has 3 rings (SSSR count). The van der Waals surface area contributed by atoms with Crippen molar-refractivity contribution in [1.29, 1.82) is 0 Å². The van der Waals surface area contributed by atoms with Crippen molar-refractivity contribution < 1.29 is 23.8 Å². The Morgan fingerprint density at radius 1 is 1.08 bits per heavy atom. The lowest BCUT2D eigenvalue weighted by atomic mass is 9.91. The fourth-order valence-electron chi connectivity index (χ4n) is 4.30. The second-order valence-electron chi connectivity index (χ2n) is 10.5. The van der Waals surface area contributed by atoms with E-state index in [0.29, 0.717) is 44.0 Å². The molecule has 1 fully saturated rings. The zero-order valence-corrected chi connectivity index (χ0v) is 23.1. The Morgan fingerprint density at radius 2 is 1.86 bits per heavy atom. The van der Waals surface area contributed by atoms with E-state index in [1.54, 1.807) is 30.5 Å². The number of thiophene rings is 1. The maximum absolute atomic E-state index is 13.6. The van der Waals surface area contributed by atoms with E-state index < -0.39 is 0 Å². The Kier molecular flexibility index (Phi) is 10.2. The Hall–Kier alpha value is -2.58. The van der Waals surface area contributed by atoms with Gasteiger partial charge in [-0.2, -0.15) is 0 Å². The minimum atomic E-state index is -0.154. The molecule has 2 heterocycles. The van der Waals surface area contributed by atoms with Gasteiger partial charge < -0.3 is 24.0 Å². The zero-order chi connectivity index (χ0) is 26.1. The normalized spacial score (nSPS) is 15.5. The molecule has 2 amide bonds. The summed E-state index contributed by atoms with van der Waals surface area (Å²) < 4.78 is 16.6. The first-order valence-corrected chi connectivity index (χ1v) is 13.5. The molecule has 0 aliphatic carbocycles. The van der Waals surface area contributed by atoms with Crippen LogP contribution in [0.15, 0.2) is 35.7 Å². The highest BCUT2D eigenvalue weighted by atomic mass is 32.1. The number of ether oxygens (including phenoxy) is 3. The van der Waals surface area contributed by atoms with Crippen molar-refractivity contribution >= 4 is 23.2 Å². The van der Waals surface area contributed by atoms with Crippen molar-refractivity contribution in [2.75, 3.05) is 40.5 Å². The van der Waals surface area contributed by atoms with Crippen molar-refractivity contribution in [3.8, 4) is 11.5 Å². The quantitative estimate of drug-likeness (QED) is 0.406. The summed E-state index contributed by atoms with van der Waals surface area (Å²) in [6.45, 7) is 8.43. The van der Waals surface area contributed by atoms with Gasteiger partial charge in [0.25, 0.3) is 0 Å². The van der Waals surface area contributed by atoms with Gasteiger partial charge >= 0.3 is 0 Å². The monoisotopic (exact) mass is 516 g/mol. The molecule has 1 aromatic carbocycles. The topological polar surface area (TPSA) is 68.3 Å². The molecule has 1 atom stereocenters. The van der Waals surface area contributed by atoms with Crippen molar-refractivity contribution in [3.05, 3.63) is 46.2 Å². The predicted molar refractivity (Wildman–Crippen MR) is 143 cm³/mol. The molecule has 8 heteroatoms. The first-order valence-electron chi connectivity index (χ1n) is 12.6. The molecule has 1 unspecified atom stereocenters. The zero-order valence-electron chi connectivity index (χ0n) is 22.2. The molecule has 7 nitrogen and oxygen atoms in total. The van der Waals surface area contributed by atoms with Crippen molar-refractivity contribution in [2.45, 2.75) is 59.1 Å². The lowest BCUT2D eigenvalue weighted by Gasteiger charge is -2.31. The number of amides is 2. The van der Waals surface area contributed by atoms with Crippen LogP contribution < -0.4 is 9.47 Å². The van der Waals surface area contributed by atoms with Crippen LogP contribution in [0.3, 0.4) is 0 Å². The second-order valence-corrected chi connectivity index (χ2v) is 11.5. The number of carbonyl (C=O) groups excluding carboxylic acids is 2. The summed E-state index contributed by atoms with van der Waals surface area (Å²) in [5.41, 5.74) is 0.899. The van der Waals surface area contributed by atoms with Gasteiger partial charge in [-0.05, 0) is 53.8 Å². The minimum Gasteiger partial charge on any atom is -0.493 e. The molecule has 36 heavy (non-hydrogen) atoms. The van der Waals surface area contributed by atoms with E-state index in [4.69, 9.17) is 14.2 Å². The highest BCUT2D eigenvalue weighted by molar-refractivity contribution is 7.09. The van der Waals surface area contributed by atoms with E-state index in [-0.39, 0.29) is 29.9 Å². The molecule has 0 saturated carbocycles. The van der Waals surface area contributed by atoms with Gasteiger partial charge in [0.15, 0.2) is 11.5 Å². The standard InChI is InChI=1S/C28H40N2O5S/c1-28(2,3)17-26(31)30(18-22-8-6-14-35-22)20-27(32)29(19-23-9-7-15-36-23)13-12-21-10-11-24(33-4)25(16-21)34-5/h7,9-11,15-16,22H,6,8,12-14,17-20H2,1-5H3. The van der Waals surface area contributed by atoms with Gasteiger partial charge in [-0.1, -0.05) is 32.9 Å². The molecule has 0 N–H and O–H groups in total. The molecule has 0 spiro atoms. The molecule has 1 aliphatic rings. The van der Waals surface area contributed by atoms with E-state index in [2.05, 4.69) is 0 Å². The number of hydrogen-bond donors (Lipinski definition) is 0. The highest BCUT2D eigenvalue weighted by Crippen LogP contribution is 2.28. The van der Waals surface area contributed by atoms with E-state index in [1.165, 1.54) is 0 Å². The van der Waals surface area contributed by atoms with Crippen LogP contribution in [0.2, 0.25) is 0 Å². The van der Waals surface area contributed by atoms with Gasteiger partial charge in [0, 0.05) is 31.0 Å². The number of methoxy groups -OCH3 is 2. The van der Waals surface area contributed by atoms with Crippen molar-refractivity contribution in [1.82, 2.24) is 9.80 Å². The number of nitrogens with zero attached hydrogens (tertiary/aromatic N) is 2. The third-order valence-corrected chi connectivity index (χ3v) is 7.07. The third-order valence-electron chi connectivity index (χ3n) is 6.21. The van der Waals surface area contributed by atoms with Gasteiger partial charge in [0.1, 0.15) is 0 Å². The summed E-state index contributed by atoms with van der Waals surface area (Å²) in [7, 11) is 3.23. The second kappa shape index (κ2) is 13.1. The fourth-order valence-corrected chi connectivity index (χ4v) is 5.02. The predicted octanol–water partition coefficient (Wildman–Crippen LogP) is 4.78. The first-order chi connectivity index (χ1) is 17.2. The maximum Gasteiger partial charge on any atom is 0.242 e. The molecule has 198 valence electrons. The molecular formula is C28H40N2O5S. The number of carbonyl (C=O) groups is 2. The maximum atomic E-state index is 13.6. The van der Waals surface area contributed by atoms with Crippen LogP contribution in [0, 0.1) is 5.41 Å². The molecule has 0 radical (unpaired) electrons. The third kappa shape index (κ3) is 8.52. The number of benzene rings is 1. The molecule has 1 saturated heterocycles. The van der Waals surface area contributed by atoms with Gasteiger partial charge in [0.05, 0.1) is 33.4 Å². The van der Waals surface area contributed by atoms with Crippen LogP contribution >= 0.6 is 11.3 Å². The average Bonchev–Trinajstić information content (AvgIpc) is 3.54. The summed E-state index contributed by atoms with van der Waals surface area (Å²) in [5, 5.41) is 2.02. The number of rotatable bonds is 12. The molecular weight excluding hydrogens is 476 g/mol. The van der Waals surface area contributed by atoms with Gasteiger partial charge in [-0.15, -0.1) is 11.3 Å². The van der Waals surface area contributed by atoms with Crippen LogP contribution in [-0.2, 0) is 27.3 Å². The molecule has 2 aromatic rings. The lowest BCUT2D eigenvalue weighted by Crippen LogP contribution is -2.46. The molecule has 1 aliphatic heterocycles. The van der Waals surface area contributed by atoms with Gasteiger partial charge in [-0.3, -0.25) is 9.59 Å². The average molecular weight is 517 g/mol. The van der Waals surface area contributed by atoms with Crippen LogP contribution in [0.1, 0.15) is 50.5 Å². The molecule has 1 aromatic heterocycles. The SMILES string of the molecule is COc1ccc(CCN(Cc2cccs2)C(=O)CN(CC2CCCO2)C(=O)CC(C)(C)C)cc1OC. The Labute approximate surface area is 219 Å². The Morgan fingerprint density at radius 3 is 2.47 bits per heavy atom. The summed E-state index contributed by atoms with van der Waals surface area (Å²) in [5.74, 6) is 1.29. The van der Waals surface area contributed by atoms with E-state index in [1.807, 2.05) is 61.4 Å². The Balaban J connectivity index is 1.74. The van der Waals surface area contributed by atoms with Crippen LogP contribution in [-0.4, -0.2) is 68.2 Å². The molecule has 0 bridgehead atoms. The van der Waals surface area contributed by atoms with Gasteiger partial charge in [-0.25, -0.2) is 0 Å². The van der Waals surface area contributed by atoms with Gasteiger partial charge in [0.2, 0.25) is 11.8 Å². The van der Waals surface area contributed by atoms with E-state index in [0.717, 1.165) is 29.9 Å². The summed E-state index contributed by atoms with van der Waals surface area (Å²) in [6.07, 6.45) is 2.98. The summed E-state index contributed by atoms with van der Waals surface area (Å²) in [4.78, 5) is 31.5. The van der Waals surface area contributed by atoms with E-state index >= 15 is 0 Å². The van der Waals surface area contributed by atoms with E-state index in [9.17, 15) is 9.59 Å². The van der Waals surface area contributed by atoms with Crippen molar-refractivity contribution in [2.24, 2.45) is 5.41 Å². The highest BCUT2D eigenvalue weighted by Gasteiger charge is 2.28. The first kappa shape index (κ1) is 28.0. The smallest absolute Gasteiger partial charge is 0.242 e. The Bertz CT molecular complexity index is 980. The van der Waals surface area contributed by atoms with Crippen molar-refractivity contribution in [3.63, 3.8) is 0 Å². The largest absolute Gasteiger partial charge is 0.493 e. The van der Waals surface area contributed by atoms with Crippen LogP contribution in [0.5, 0.6) is 11.5 Å². The summed E-state index contributed by atoms with van der Waals surface area (Å²) >= 11 is 1.63. The minimum absolute atomic E-state index is 0.000715. The summed E-state index contributed by atoms with van der Waals surface area (Å²) in [6, 6.07) is 9.85.